The molecular formula is C14H22N2O4. The molecule has 0 saturated carbocycles. The van der Waals surface area contributed by atoms with Gasteiger partial charge in [-0.25, -0.2) is 0 Å². The molecule has 1 aliphatic rings. The summed E-state index contributed by atoms with van der Waals surface area (Å²) in [5.74, 6) is 0.691. The lowest BCUT2D eigenvalue weighted by Crippen LogP contribution is -2.55. The summed E-state index contributed by atoms with van der Waals surface area (Å²) in [4.78, 5) is 14.2. The molecular weight excluding hydrogens is 260 g/mol. The van der Waals surface area contributed by atoms with Crippen molar-refractivity contribution < 1.29 is 19.2 Å². The Morgan fingerprint density at radius 1 is 1.50 bits per heavy atom. The first-order valence-electron chi connectivity index (χ1n) is 6.80. The maximum Gasteiger partial charge on any atom is 0.227 e. The highest BCUT2D eigenvalue weighted by molar-refractivity contribution is 5.79. The molecule has 20 heavy (non-hydrogen) atoms. The average molecular weight is 282 g/mol. The van der Waals surface area contributed by atoms with Gasteiger partial charge in [-0.1, -0.05) is 5.16 Å². The van der Waals surface area contributed by atoms with Crippen LogP contribution in [0.25, 0.3) is 0 Å². The van der Waals surface area contributed by atoms with Gasteiger partial charge in [0.2, 0.25) is 5.91 Å². The Labute approximate surface area is 118 Å². The van der Waals surface area contributed by atoms with Crippen molar-refractivity contribution in [3.8, 4) is 0 Å². The molecule has 6 heteroatoms. The molecule has 0 spiro atoms. The van der Waals surface area contributed by atoms with Crippen molar-refractivity contribution in [2.24, 2.45) is 0 Å². The largest absolute Gasteiger partial charge is 0.394 e. The van der Waals surface area contributed by atoms with E-state index in [0.717, 1.165) is 11.3 Å². The van der Waals surface area contributed by atoms with Crippen molar-refractivity contribution >= 4 is 5.91 Å². The fraction of sp³-hybridized carbons (Fsp3) is 0.714. The van der Waals surface area contributed by atoms with Crippen molar-refractivity contribution in [2.75, 3.05) is 19.7 Å². The second-order valence-corrected chi connectivity index (χ2v) is 5.94. The third-order valence-electron chi connectivity index (χ3n) is 3.55. The molecule has 1 amide bonds. The van der Waals surface area contributed by atoms with Crippen molar-refractivity contribution in [2.45, 2.75) is 45.8 Å². The van der Waals surface area contributed by atoms with Crippen LogP contribution in [0.1, 0.15) is 30.9 Å². The molecule has 2 rings (SSSR count). The zero-order valence-corrected chi connectivity index (χ0v) is 12.5. The number of carbonyl (C=O) groups is 1. The van der Waals surface area contributed by atoms with E-state index in [1.807, 2.05) is 27.7 Å². The zero-order valence-electron chi connectivity index (χ0n) is 12.5. The summed E-state index contributed by atoms with van der Waals surface area (Å²) >= 11 is 0. The Bertz CT molecular complexity index is 476. The summed E-state index contributed by atoms with van der Waals surface area (Å²) in [5.41, 5.74) is 1.15. The van der Waals surface area contributed by atoms with Crippen molar-refractivity contribution in [3.05, 3.63) is 17.0 Å². The minimum Gasteiger partial charge on any atom is -0.394 e. The molecule has 112 valence electrons. The molecule has 6 nitrogen and oxygen atoms in total. The lowest BCUT2D eigenvalue weighted by molar-refractivity contribution is -0.166. The van der Waals surface area contributed by atoms with Gasteiger partial charge in [0.1, 0.15) is 5.76 Å². The minimum atomic E-state index is -0.444. The highest BCUT2D eigenvalue weighted by Crippen LogP contribution is 2.22. The van der Waals surface area contributed by atoms with E-state index in [1.165, 1.54) is 0 Å². The summed E-state index contributed by atoms with van der Waals surface area (Å²) in [6.07, 6.45) is -0.0533. The van der Waals surface area contributed by atoms with Gasteiger partial charge < -0.3 is 19.3 Å². The second-order valence-electron chi connectivity index (χ2n) is 5.94. The van der Waals surface area contributed by atoms with Crippen molar-refractivity contribution in [1.29, 1.82) is 0 Å². The summed E-state index contributed by atoms with van der Waals surface area (Å²) in [6.45, 7) is 8.34. The van der Waals surface area contributed by atoms with Crippen LogP contribution < -0.4 is 0 Å². The van der Waals surface area contributed by atoms with Crippen molar-refractivity contribution in [1.82, 2.24) is 10.1 Å². The molecule has 1 fully saturated rings. The molecule has 1 atom stereocenters. The van der Waals surface area contributed by atoms with E-state index in [4.69, 9.17) is 9.26 Å². The Morgan fingerprint density at radius 3 is 2.75 bits per heavy atom. The predicted octanol–water partition coefficient (Wildman–Crippen LogP) is 0.832. The quantitative estimate of drug-likeness (QED) is 0.888. The van der Waals surface area contributed by atoms with Crippen LogP contribution in [0, 0.1) is 13.8 Å². The Kier molecular flexibility index (Phi) is 4.15. The van der Waals surface area contributed by atoms with Crippen LogP contribution >= 0.6 is 0 Å². The number of amides is 1. The number of nitrogens with zero attached hydrogens (tertiary/aromatic N) is 2. The average Bonchev–Trinajstić information content (AvgIpc) is 2.68. The monoisotopic (exact) mass is 282 g/mol. The lowest BCUT2D eigenvalue weighted by atomic mass is 10.0. The number of aliphatic hydroxyl groups excluding tert-OH is 1. The molecule has 0 aliphatic carbocycles. The van der Waals surface area contributed by atoms with Crippen LogP contribution in [0.4, 0.5) is 0 Å². The van der Waals surface area contributed by atoms with Gasteiger partial charge in [0.25, 0.3) is 0 Å². The maximum atomic E-state index is 12.4. The zero-order chi connectivity index (χ0) is 14.9. The van der Waals surface area contributed by atoms with Gasteiger partial charge in [-0.3, -0.25) is 4.79 Å². The molecule has 1 aromatic heterocycles. The predicted molar refractivity (Wildman–Crippen MR) is 72.3 cm³/mol. The highest BCUT2D eigenvalue weighted by atomic mass is 16.5. The first-order valence-corrected chi connectivity index (χ1v) is 6.80. The Morgan fingerprint density at radius 2 is 2.20 bits per heavy atom. The van der Waals surface area contributed by atoms with Gasteiger partial charge in [-0.15, -0.1) is 0 Å². The van der Waals surface area contributed by atoms with E-state index in [0.29, 0.717) is 18.8 Å². The molecule has 1 aliphatic heterocycles. The Balaban J connectivity index is 2.09. The van der Waals surface area contributed by atoms with E-state index < -0.39 is 5.60 Å². The first-order chi connectivity index (χ1) is 9.32. The van der Waals surface area contributed by atoms with Crippen LogP contribution in [0.5, 0.6) is 0 Å². The van der Waals surface area contributed by atoms with E-state index in [-0.39, 0.29) is 25.0 Å². The van der Waals surface area contributed by atoms with Gasteiger partial charge in [0.05, 0.1) is 30.4 Å². The second kappa shape index (κ2) is 5.54. The van der Waals surface area contributed by atoms with Gasteiger partial charge in [0.15, 0.2) is 0 Å². The number of rotatable bonds is 3. The number of aryl methyl sites for hydroxylation is 2. The van der Waals surface area contributed by atoms with Gasteiger partial charge in [-0.05, 0) is 27.7 Å². The molecule has 0 radical (unpaired) electrons. The standard InChI is InChI=1S/C14H22N2O4/c1-9-12(10(2)20-15-9)5-13(18)16-6-11(7-17)19-14(3,4)8-16/h11,17H,5-8H2,1-4H3. The normalized spacial score (nSPS) is 22.1. The summed E-state index contributed by atoms with van der Waals surface area (Å²) in [6, 6.07) is 0. The fourth-order valence-corrected chi connectivity index (χ4v) is 2.60. The number of carbonyl (C=O) groups excluding carboxylic acids is 1. The van der Waals surface area contributed by atoms with E-state index in [2.05, 4.69) is 5.16 Å². The SMILES string of the molecule is Cc1noc(C)c1CC(=O)N1CC(CO)OC(C)(C)C1. The van der Waals surface area contributed by atoms with Gasteiger partial charge >= 0.3 is 0 Å². The number of ether oxygens (including phenoxy) is 1. The lowest BCUT2D eigenvalue weighted by Gasteiger charge is -2.42. The number of hydrogen-bond acceptors (Lipinski definition) is 5. The highest BCUT2D eigenvalue weighted by Gasteiger charge is 2.35. The van der Waals surface area contributed by atoms with Gasteiger partial charge in [0, 0.05) is 18.7 Å². The van der Waals surface area contributed by atoms with Crippen LogP contribution in [0.15, 0.2) is 4.52 Å². The topological polar surface area (TPSA) is 75.8 Å². The number of morpholine rings is 1. The molecule has 2 heterocycles. The van der Waals surface area contributed by atoms with Crippen LogP contribution in [0.2, 0.25) is 0 Å². The Hall–Kier alpha value is -1.40. The smallest absolute Gasteiger partial charge is 0.227 e. The number of hydrogen-bond donors (Lipinski definition) is 1. The fourth-order valence-electron chi connectivity index (χ4n) is 2.60. The number of aliphatic hydroxyl groups is 1. The first kappa shape index (κ1) is 15.0. The number of aromatic nitrogens is 1. The molecule has 0 bridgehead atoms. The van der Waals surface area contributed by atoms with Crippen LogP contribution in [-0.4, -0.2) is 52.5 Å². The third-order valence-corrected chi connectivity index (χ3v) is 3.55. The van der Waals surface area contributed by atoms with E-state index >= 15 is 0 Å². The van der Waals surface area contributed by atoms with Crippen LogP contribution in [-0.2, 0) is 16.0 Å². The molecule has 0 aromatic carbocycles. The third kappa shape index (κ3) is 3.19. The summed E-state index contributed by atoms with van der Waals surface area (Å²) in [5, 5.41) is 13.1. The molecule has 1 saturated heterocycles. The summed E-state index contributed by atoms with van der Waals surface area (Å²) < 4.78 is 10.8. The van der Waals surface area contributed by atoms with Crippen molar-refractivity contribution in [3.63, 3.8) is 0 Å². The minimum absolute atomic E-state index is 0.00854. The molecule has 1 N–H and O–H groups in total. The van der Waals surface area contributed by atoms with Gasteiger partial charge in [-0.2, -0.15) is 0 Å². The molecule has 1 aromatic rings. The van der Waals surface area contributed by atoms with E-state index in [9.17, 15) is 9.90 Å². The van der Waals surface area contributed by atoms with Crippen LogP contribution in [0.3, 0.4) is 0 Å². The molecule has 1 unspecified atom stereocenters. The maximum absolute atomic E-state index is 12.4. The van der Waals surface area contributed by atoms with E-state index in [1.54, 1.807) is 4.90 Å². The summed E-state index contributed by atoms with van der Waals surface area (Å²) in [7, 11) is 0.